The SMILES string of the molecule is O=[N+]([O-])c1ccccc1SC1CC2C(c3ccccc3F)Nc3ccc4ccccc4c3C2C1Cl. The normalized spacial score (nSPS) is 25.0. The van der Waals surface area contributed by atoms with Crippen molar-refractivity contribution in [2.45, 2.75) is 33.9 Å². The van der Waals surface area contributed by atoms with Crippen LogP contribution in [-0.2, 0) is 0 Å². The van der Waals surface area contributed by atoms with Gasteiger partial charge >= 0.3 is 0 Å². The molecule has 7 heteroatoms. The summed E-state index contributed by atoms with van der Waals surface area (Å²) >= 11 is 8.71. The Balaban J connectivity index is 1.47. The van der Waals surface area contributed by atoms with Gasteiger partial charge in [-0.3, -0.25) is 10.1 Å². The van der Waals surface area contributed by atoms with Gasteiger partial charge in [0.2, 0.25) is 0 Å². The Bertz CT molecular complexity index is 1450. The smallest absolute Gasteiger partial charge is 0.282 e. The Morgan fingerprint density at radius 2 is 1.71 bits per heavy atom. The fourth-order valence-corrected chi connectivity index (χ4v) is 7.74. The highest BCUT2D eigenvalue weighted by atomic mass is 35.5. The van der Waals surface area contributed by atoms with Crippen molar-refractivity contribution in [1.29, 1.82) is 0 Å². The summed E-state index contributed by atoms with van der Waals surface area (Å²) in [6.07, 6.45) is 0.713. The third kappa shape index (κ3) is 3.76. The van der Waals surface area contributed by atoms with E-state index in [1.54, 1.807) is 18.2 Å². The Morgan fingerprint density at radius 3 is 2.54 bits per heavy atom. The van der Waals surface area contributed by atoms with E-state index in [9.17, 15) is 14.5 Å². The summed E-state index contributed by atoms with van der Waals surface area (Å²) in [5.41, 5.74) is 2.85. The van der Waals surface area contributed by atoms with Crippen LogP contribution < -0.4 is 5.32 Å². The lowest BCUT2D eigenvalue weighted by Gasteiger charge is -2.39. The Morgan fingerprint density at radius 1 is 0.971 bits per heavy atom. The summed E-state index contributed by atoms with van der Waals surface area (Å²) < 4.78 is 15.0. The summed E-state index contributed by atoms with van der Waals surface area (Å²) in [4.78, 5) is 11.9. The van der Waals surface area contributed by atoms with Crippen molar-refractivity contribution >= 4 is 45.5 Å². The second kappa shape index (κ2) is 8.85. The van der Waals surface area contributed by atoms with Crippen LogP contribution in [0.5, 0.6) is 0 Å². The van der Waals surface area contributed by atoms with Crippen molar-refractivity contribution in [3.05, 3.63) is 112 Å². The molecule has 1 aliphatic heterocycles. The molecule has 1 saturated carbocycles. The average molecular weight is 505 g/mol. The van der Waals surface area contributed by atoms with Crippen molar-refractivity contribution in [3.63, 3.8) is 0 Å². The Hall–Kier alpha value is -3.09. The number of hydrogen-bond acceptors (Lipinski definition) is 4. The molecule has 5 unspecified atom stereocenters. The van der Waals surface area contributed by atoms with E-state index >= 15 is 0 Å². The van der Waals surface area contributed by atoms with Gasteiger partial charge in [0.15, 0.2) is 0 Å². The third-order valence-corrected chi connectivity index (χ3v) is 9.40. The summed E-state index contributed by atoms with van der Waals surface area (Å²) in [5, 5.41) is 17.2. The van der Waals surface area contributed by atoms with Gasteiger partial charge in [-0.1, -0.05) is 60.7 Å². The lowest BCUT2D eigenvalue weighted by atomic mass is 9.75. The van der Waals surface area contributed by atoms with E-state index in [0.29, 0.717) is 16.9 Å². The predicted octanol–water partition coefficient (Wildman–Crippen LogP) is 7.93. The number of nitrogens with one attached hydrogen (secondary N) is 1. The van der Waals surface area contributed by atoms with Crippen LogP contribution in [0.4, 0.5) is 15.8 Å². The first-order valence-corrected chi connectivity index (χ1v) is 12.9. The molecule has 2 aliphatic rings. The number of nitrogens with zero attached hydrogens (tertiary/aromatic N) is 1. The molecular weight excluding hydrogens is 483 g/mol. The topological polar surface area (TPSA) is 55.2 Å². The number of thioether (sulfide) groups is 1. The van der Waals surface area contributed by atoms with Gasteiger partial charge in [0.05, 0.1) is 21.2 Å². The molecule has 4 nitrogen and oxygen atoms in total. The van der Waals surface area contributed by atoms with Gasteiger partial charge in [-0.15, -0.1) is 23.4 Å². The predicted molar refractivity (Wildman–Crippen MR) is 140 cm³/mol. The molecule has 35 heavy (non-hydrogen) atoms. The molecule has 0 radical (unpaired) electrons. The van der Waals surface area contributed by atoms with E-state index in [1.807, 2.05) is 30.3 Å². The van der Waals surface area contributed by atoms with Gasteiger partial charge in [0.25, 0.3) is 5.69 Å². The van der Waals surface area contributed by atoms with Crippen LogP contribution in [0.1, 0.15) is 29.5 Å². The van der Waals surface area contributed by atoms with Crippen LogP contribution in [0.25, 0.3) is 10.8 Å². The lowest BCUT2D eigenvalue weighted by Crippen LogP contribution is -2.31. The number of fused-ring (bicyclic) bond motifs is 5. The second-order valence-electron chi connectivity index (χ2n) is 9.14. The highest BCUT2D eigenvalue weighted by Crippen LogP contribution is 2.59. The molecule has 176 valence electrons. The van der Waals surface area contributed by atoms with Gasteiger partial charge in [0, 0.05) is 28.5 Å². The molecule has 5 atom stereocenters. The zero-order chi connectivity index (χ0) is 24.1. The molecule has 0 saturated heterocycles. The minimum absolute atomic E-state index is 0.0242. The van der Waals surface area contributed by atoms with Crippen LogP contribution in [0.15, 0.2) is 89.8 Å². The fourth-order valence-electron chi connectivity index (χ4n) is 5.80. The maximum absolute atomic E-state index is 15.0. The summed E-state index contributed by atoms with van der Waals surface area (Å²) in [7, 11) is 0. The first-order valence-electron chi connectivity index (χ1n) is 11.6. The summed E-state index contributed by atoms with van der Waals surface area (Å²) in [6, 6.07) is 25.8. The largest absolute Gasteiger partial charge is 0.378 e. The molecule has 4 aromatic rings. The molecule has 0 aromatic heterocycles. The quantitative estimate of drug-likeness (QED) is 0.174. The minimum atomic E-state index is -0.347. The monoisotopic (exact) mass is 504 g/mol. The molecule has 0 spiro atoms. The zero-order valence-electron chi connectivity index (χ0n) is 18.6. The van der Waals surface area contributed by atoms with E-state index in [-0.39, 0.29) is 44.9 Å². The number of nitro benzene ring substituents is 1. The van der Waals surface area contributed by atoms with Crippen molar-refractivity contribution in [1.82, 2.24) is 0 Å². The first-order chi connectivity index (χ1) is 17.0. The molecule has 1 heterocycles. The van der Waals surface area contributed by atoms with Crippen LogP contribution in [-0.4, -0.2) is 15.6 Å². The Kier molecular flexibility index (Phi) is 5.66. The molecule has 1 fully saturated rings. The lowest BCUT2D eigenvalue weighted by molar-refractivity contribution is -0.387. The van der Waals surface area contributed by atoms with Gasteiger partial charge in [-0.25, -0.2) is 4.39 Å². The minimum Gasteiger partial charge on any atom is -0.378 e. The number of benzene rings is 4. The van der Waals surface area contributed by atoms with Gasteiger partial charge in [0.1, 0.15) is 5.82 Å². The standard InChI is InChI=1S/C28H22ClFN2O2S/c29-27-24(35-23-12-6-5-11-22(23)32(33)34)15-19-26(27)25-17-8-2-1-7-16(17)13-14-21(25)31-28(19)18-9-3-4-10-20(18)30/h1-14,19,24,26-28,31H,15H2. The van der Waals surface area contributed by atoms with Crippen LogP contribution in [0, 0.1) is 21.8 Å². The van der Waals surface area contributed by atoms with Crippen molar-refractivity contribution in [2.75, 3.05) is 5.32 Å². The number of para-hydroxylation sites is 1. The number of anilines is 1. The van der Waals surface area contributed by atoms with Crippen molar-refractivity contribution < 1.29 is 9.31 Å². The Labute approximate surface area is 211 Å². The van der Waals surface area contributed by atoms with E-state index in [2.05, 4.69) is 29.6 Å². The van der Waals surface area contributed by atoms with E-state index < -0.39 is 0 Å². The zero-order valence-corrected chi connectivity index (χ0v) is 20.2. The van der Waals surface area contributed by atoms with Gasteiger partial charge in [-0.05, 0) is 46.9 Å². The molecule has 6 rings (SSSR count). The molecule has 0 bridgehead atoms. The molecule has 1 aliphatic carbocycles. The number of halogens is 2. The van der Waals surface area contributed by atoms with Gasteiger partial charge in [-0.2, -0.15) is 0 Å². The highest BCUT2D eigenvalue weighted by Gasteiger charge is 2.51. The second-order valence-corrected chi connectivity index (χ2v) is 10.9. The van der Waals surface area contributed by atoms with Crippen LogP contribution in [0.2, 0.25) is 0 Å². The molecule has 4 aromatic carbocycles. The van der Waals surface area contributed by atoms with Crippen molar-refractivity contribution in [2.24, 2.45) is 5.92 Å². The van der Waals surface area contributed by atoms with Crippen LogP contribution >= 0.6 is 23.4 Å². The number of hydrogen-bond donors (Lipinski definition) is 1. The number of alkyl halides is 1. The maximum Gasteiger partial charge on any atom is 0.282 e. The summed E-state index contributed by atoms with van der Waals surface area (Å²) in [6.45, 7) is 0. The van der Waals surface area contributed by atoms with Gasteiger partial charge < -0.3 is 5.32 Å². The fraction of sp³-hybridized carbons (Fsp3) is 0.214. The summed E-state index contributed by atoms with van der Waals surface area (Å²) in [5.74, 6) is -0.231. The third-order valence-electron chi connectivity index (χ3n) is 7.29. The van der Waals surface area contributed by atoms with E-state index in [0.717, 1.165) is 22.0 Å². The highest BCUT2D eigenvalue weighted by molar-refractivity contribution is 8.00. The molecule has 1 N–H and O–H groups in total. The van der Waals surface area contributed by atoms with Crippen LogP contribution in [0.3, 0.4) is 0 Å². The molecule has 0 amide bonds. The maximum atomic E-state index is 15.0. The number of nitro groups is 1. The van der Waals surface area contributed by atoms with Crippen molar-refractivity contribution in [3.8, 4) is 0 Å². The average Bonchev–Trinajstić information content (AvgIpc) is 3.19. The first kappa shape index (κ1) is 22.4. The van der Waals surface area contributed by atoms with E-state index in [4.69, 9.17) is 11.6 Å². The number of rotatable bonds is 4. The molecular formula is C28H22ClFN2O2S. The van der Waals surface area contributed by atoms with E-state index in [1.165, 1.54) is 23.9 Å².